The van der Waals surface area contributed by atoms with Crippen LogP contribution in [-0.2, 0) is 0 Å². The van der Waals surface area contributed by atoms with E-state index >= 15 is 0 Å². The van der Waals surface area contributed by atoms with Gasteiger partial charge in [-0.3, -0.25) is 4.79 Å². The summed E-state index contributed by atoms with van der Waals surface area (Å²) >= 11 is 5.96. The van der Waals surface area contributed by atoms with Gasteiger partial charge >= 0.3 is 0 Å². The number of hydrogen-bond acceptors (Lipinski definition) is 5. The lowest BCUT2D eigenvalue weighted by Gasteiger charge is -2.36. The lowest BCUT2D eigenvalue weighted by molar-refractivity contribution is 0.0746. The molecule has 0 spiro atoms. The van der Waals surface area contributed by atoms with Gasteiger partial charge in [-0.15, -0.1) is 5.10 Å². The van der Waals surface area contributed by atoms with Gasteiger partial charge in [-0.2, -0.15) is 4.68 Å². The van der Waals surface area contributed by atoms with Gasteiger partial charge in [0.1, 0.15) is 0 Å². The van der Waals surface area contributed by atoms with Crippen molar-refractivity contribution in [3.63, 3.8) is 0 Å². The van der Waals surface area contributed by atoms with E-state index in [2.05, 4.69) is 20.4 Å². The van der Waals surface area contributed by atoms with E-state index in [0.717, 1.165) is 23.8 Å². The van der Waals surface area contributed by atoms with E-state index < -0.39 is 0 Å². The second-order valence-corrected chi connectivity index (χ2v) is 6.85. The fraction of sp³-hybridized carbons (Fsp3) is 0.263. The standard InChI is InChI=1S/C19H19ClN6O/c1-14-21-22-23-26(14)18-5-3-2-4-17(18)19(27)25-12-10-24(11-13-25)16-8-6-15(20)7-9-16/h2-9H,10-13H2,1H3. The maximum absolute atomic E-state index is 13.1. The molecule has 7 nitrogen and oxygen atoms in total. The number of aryl methyl sites for hydroxylation is 1. The summed E-state index contributed by atoms with van der Waals surface area (Å²) in [5.41, 5.74) is 2.43. The first kappa shape index (κ1) is 17.5. The molecule has 1 saturated heterocycles. The number of amides is 1. The molecular formula is C19H19ClN6O. The lowest BCUT2D eigenvalue weighted by atomic mass is 10.1. The molecule has 1 amide bonds. The molecule has 1 aliphatic rings. The average Bonchev–Trinajstić information content (AvgIpc) is 3.14. The first-order valence-corrected chi connectivity index (χ1v) is 9.15. The Morgan fingerprint density at radius 2 is 1.70 bits per heavy atom. The van der Waals surface area contributed by atoms with Crippen molar-refractivity contribution in [2.24, 2.45) is 0 Å². The Morgan fingerprint density at radius 1 is 1.00 bits per heavy atom. The summed E-state index contributed by atoms with van der Waals surface area (Å²) in [7, 11) is 0. The largest absolute Gasteiger partial charge is 0.368 e. The van der Waals surface area contributed by atoms with Crippen LogP contribution in [0.5, 0.6) is 0 Å². The molecular weight excluding hydrogens is 364 g/mol. The van der Waals surface area contributed by atoms with Crippen LogP contribution in [0, 0.1) is 6.92 Å². The van der Waals surface area contributed by atoms with Crippen LogP contribution in [0.4, 0.5) is 5.69 Å². The zero-order valence-corrected chi connectivity index (χ0v) is 15.7. The van der Waals surface area contributed by atoms with E-state index in [9.17, 15) is 4.79 Å². The summed E-state index contributed by atoms with van der Waals surface area (Å²) in [5, 5.41) is 12.3. The number of hydrogen-bond donors (Lipinski definition) is 0. The second kappa shape index (κ2) is 7.36. The Hall–Kier alpha value is -2.93. The summed E-state index contributed by atoms with van der Waals surface area (Å²) in [6.45, 7) is 4.68. The number of halogens is 1. The Kier molecular flexibility index (Phi) is 4.77. The van der Waals surface area contributed by atoms with Gasteiger partial charge < -0.3 is 9.80 Å². The maximum atomic E-state index is 13.1. The van der Waals surface area contributed by atoms with Crippen molar-refractivity contribution in [1.82, 2.24) is 25.1 Å². The molecule has 8 heteroatoms. The SMILES string of the molecule is Cc1nnnn1-c1ccccc1C(=O)N1CCN(c2ccc(Cl)cc2)CC1. The number of para-hydroxylation sites is 1. The predicted octanol–water partition coefficient (Wildman–Crippen LogP) is 2.59. The van der Waals surface area contributed by atoms with Crippen molar-refractivity contribution in [3.8, 4) is 5.69 Å². The Bertz CT molecular complexity index is 947. The molecule has 1 aliphatic heterocycles. The quantitative estimate of drug-likeness (QED) is 0.696. The third-order valence-corrected chi connectivity index (χ3v) is 5.00. The van der Waals surface area contributed by atoms with Crippen LogP contribution in [0.3, 0.4) is 0 Å². The van der Waals surface area contributed by atoms with Crippen LogP contribution in [0.1, 0.15) is 16.2 Å². The van der Waals surface area contributed by atoms with Gasteiger partial charge in [0.15, 0.2) is 5.82 Å². The number of carbonyl (C=O) groups is 1. The van der Waals surface area contributed by atoms with Gasteiger partial charge in [0.25, 0.3) is 5.91 Å². The molecule has 0 atom stereocenters. The van der Waals surface area contributed by atoms with Crippen LogP contribution in [-0.4, -0.2) is 57.2 Å². The fourth-order valence-electron chi connectivity index (χ4n) is 3.28. The minimum absolute atomic E-state index is 0.00347. The van der Waals surface area contributed by atoms with Gasteiger partial charge in [-0.25, -0.2) is 0 Å². The van der Waals surface area contributed by atoms with Gasteiger partial charge in [-0.1, -0.05) is 23.7 Å². The van der Waals surface area contributed by atoms with E-state index in [1.165, 1.54) is 0 Å². The third kappa shape index (κ3) is 3.50. The normalized spacial score (nSPS) is 14.4. The van der Waals surface area contributed by atoms with E-state index in [-0.39, 0.29) is 5.91 Å². The van der Waals surface area contributed by atoms with Crippen molar-refractivity contribution >= 4 is 23.2 Å². The Labute approximate surface area is 162 Å². The topological polar surface area (TPSA) is 67.2 Å². The summed E-state index contributed by atoms with van der Waals surface area (Å²) in [6.07, 6.45) is 0. The van der Waals surface area contributed by atoms with Crippen LogP contribution in [0.25, 0.3) is 5.69 Å². The van der Waals surface area contributed by atoms with E-state index in [0.29, 0.717) is 30.2 Å². The molecule has 3 aromatic rings. The molecule has 4 rings (SSSR count). The van der Waals surface area contributed by atoms with E-state index in [1.807, 2.05) is 60.4 Å². The molecule has 0 unspecified atom stereocenters. The fourth-order valence-corrected chi connectivity index (χ4v) is 3.41. The highest BCUT2D eigenvalue weighted by Crippen LogP contribution is 2.21. The molecule has 2 aromatic carbocycles. The van der Waals surface area contributed by atoms with Crippen molar-refractivity contribution in [2.75, 3.05) is 31.1 Å². The van der Waals surface area contributed by atoms with Crippen LogP contribution in [0.2, 0.25) is 5.02 Å². The smallest absolute Gasteiger partial charge is 0.256 e. The monoisotopic (exact) mass is 382 g/mol. The summed E-state index contributed by atoms with van der Waals surface area (Å²) in [5.74, 6) is 0.638. The Balaban J connectivity index is 1.51. The van der Waals surface area contributed by atoms with Crippen molar-refractivity contribution in [1.29, 1.82) is 0 Å². The molecule has 138 valence electrons. The molecule has 0 aliphatic carbocycles. The highest BCUT2D eigenvalue weighted by molar-refractivity contribution is 6.30. The Morgan fingerprint density at radius 3 is 2.37 bits per heavy atom. The highest BCUT2D eigenvalue weighted by atomic mass is 35.5. The first-order chi connectivity index (χ1) is 13.1. The molecule has 0 radical (unpaired) electrons. The minimum atomic E-state index is -0.00347. The number of anilines is 1. The van der Waals surface area contributed by atoms with Crippen molar-refractivity contribution in [3.05, 3.63) is 64.9 Å². The number of nitrogens with zero attached hydrogens (tertiary/aromatic N) is 6. The van der Waals surface area contributed by atoms with Crippen molar-refractivity contribution < 1.29 is 4.79 Å². The highest BCUT2D eigenvalue weighted by Gasteiger charge is 2.25. The van der Waals surface area contributed by atoms with Gasteiger partial charge in [0.05, 0.1) is 11.3 Å². The number of aromatic nitrogens is 4. The van der Waals surface area contributed by atoms with Crippen molar-refractivity contribution in [2.45, 2.75) is 6.92 Å². The van der Waals surface area contributed by atoms with Crippen LogP contribution in [0.15, 0.2) is 48.5 Å². The molecule has 0 N–H and O–H groups in total. The minimum Gasteiger partial charge on any atom is -0.368 e. The summed E-state index contributed by atoms with van der Waals surface area (Å²) < 4.78 is 1.59. The third-order valence-electron chi connectivity index (χ3n) is 4.75. The predicted molar refractivity (Wildman–Crippen MR) is 103 cm³/mol. The summed E-state index contributed by atoms with van der Waals surface area (Å²) in [6, 6.07) is 15.2. The molecule has 1 fully saturated rings. The van der Waals surface area contributed by atoms with Gasteiger partial charge in [0.2, 0.25) is 0 Å². The molecule has 27 heavy (non-hydrogen) atoms. The molecule has 0 bridgehead atoms. The number of carbonyl (C=O) groups excluding carboxylic acids is 1. The number of piperazine rings is 1. The van der Waals surface area contributed by atoms with Gasteiger partial charge in [0, 0.05) is 36.9 Å². The number of rotatable bonds is 3. The van der Waals surface area contributed by atoms with Crippen LogP contribution >= 0.6 is 11.6 Å². The average molecular weight is 383 g/mol. The first-order valence-electron chi connectivity index (χ1n) is 8.77. The zero-order valence-electron chi connectivity index (χ0n) is 14.9. The lowest BCUT2D eigenvalue weighted by Crippen LogP contribution is -2.49. The second-order valence-electron chi connectivity index (χ2n) is 6.41. The number of tetrazole rings is 1. The summed E-state index contributed by atoms with van der Waals surface area (Å²) in [4.78, 5) is 17.3. The van der Waals surface area contributed by atoms with E-state index in [4.69, 9.17) is 11.6 Å². The van der Waals surface area contributed by atoms with Gasteiger partial charge in [-0.05, 0) is 53.7 Å². The van der Waals surface area contributed by atoms with Crippen LogP contribution < -0.4 is 4.90 Å². The zero-order chi connectivity index (χ0) is 18.8. The maximum Gasteiger partial charge on any atom is 0.256 e. The molecule has 1 aromatic heterocycles. The number of benzene rings is 2. The molecule has 2 heterocycles. The molecule has 0 saturated carbocycles. The van der Waals surface area contributed by atoms with E-state index in [1.54, 1.807) is 4.68 Å².